The summed E-state index contributed by atoms with van der Waals surface area (Å²) in [5.74, 6) is -0.437. The summed E-state index contributed by atoms with van der Waals surface area (Å²) in [7, 11) is 1.34. The highest BCUT2D eigenvalue weighted by Crippen LogP contribution is 2.01. The molecule has 0 fully saturated rings. The highest BCUT2D eigenvalue weighted by Gasteiger charge is 2.08. The number of carbonyl (C=O) groups excluding carboxylic acids is 2. The van der Waals surface area contributed by atoms with Crippen LogP contribution in [0.3, 0.4) is 0 Å². The van der Waals surface area contributed by atoms with Crippen molar-refractivity contribution < 1.29 is 18.9 Å². The second-order valence-corrected chi connectivity index (χ2v) is 3.02. The van der Waals surface area contributed by atoms with Crippen LogP contribution in [-0.4, -0.2) is 19.0 Å². The normalized spacial score (nSPS) is 9.47. The molecule has 5 heteroatoms. The van der Waals surface area contributed by atoms with Crippen LogP contribution in [-0.2, 0) is 20.9 Å². The second kappa shape index (κ2) is 5.09. The smallest absolute Gasteiger partial charge is 0.372 e. The SMILES string of the molecule is COC(=O)C[n+]1ccc(NC(C)=O)cc1. The number of nitrogens with zero attached hydrogens (tertiary/aromatic N) is 1. The Morgan fingerprint density at radius 2 is 2.00 bits per heavy atom. The molecule has 1 N–H and O–H groups in total. The van der Waals surface area contributed by atoms with Gasteiger partial charge in [-0.05, 0) is 0 Å². The van der Waals surface area contributed by atoms with Gasteiger partial charge in [-0.1, -0.05) is 0 Å². The lowest BCUT2D eigenvalue weighted by Gasteiger charge is -2.00. The third kappa shape index (κ3) is 3.76. The van der Waals surface area contributed by atoms with Gasteiger partial charge in [-0.3, -0.25) is 4.79 Å². The van der Waals surface area contributed by atoms with Crippen LogP contribution >= 0.6 is 0 Å². The summed E-state index contributed by atoms with van der Waals surface area (Å²) in [4.78, 5) is 21.7. The number of anilines is 1. The Morgan fingerprint density at radius 1 is 1.40 bits per heavy atom. The van der Waals surface area contributed by atoms with E-state index >= 15 is 0 Å². The number of rotatable bonds is 3. The molecule has 0 aliphatic rings. The zero-order valence-electron chi connectivity index (χ0n) is 8.69. The number of carbonyl (C=O) groups is 2. The first-order chi connectivity index (χ1) is 7.11. The molecule has 1 aromatic rings. The average molecular weight is 209 g/mol. The van der Waals surface area contributed by atoms with E-state index in [0.29, 0.717) is 5.69 Å². The quantitative estimate of drug-likeness (QED) is 0.567. The van der Waals surface area contributed by atoms with Crippen LogP contribution in [0.5, 0.6) is 0 Å². The van der Waals surface area contributed by atoms with Crippen LogP contribution in [0.15, 0.2) is 24.5 Å². The van der Waals surface area contributed by atoms with Gasteiger partial charge < -0.3 is 10.1 Å². The minimum absolute atomic E-state index is 0.124. The molecule has 1 rings (SSSR count). The number of ether oxygens (including phenoxy) is 1. The van der Waals surface area contributed by atoms with E-state index in [1.165, 1.54) is 14.0 Å². The Bertz CT molecular complexity index is 359. The molecule has 1 aromatic heterocycles. The van der Waals surface area contributed by atoms with Gasteiger partial charge >= 0.3 is 5.97 Å². The zero-order valence-corrected chi connectivity index (χ0v) is 8.69. The minimum Gasteiger partial charge on any atom is -0.464 e. The van der Waals surface area contributed by atoms with Crippen LogP contribution < -0.4 is 9.88 Å². The molecule has 1 heterocycles. The van der Waals surface area contributed by atoms with Gasteiger partial charge in [-0.25, -0.2) is 4.79 Å². The number of pyridine rings is 1. The van der Waals surface area contributed by atoms with Crippen molar-refractivity contribution >= 4 is 17.6 Å². The molecule has 5 nitrogen and oxygen atoms in total. The summed E-state index contributed by atoms with van der Waals surface area (Å²) in [6.07, 6.45) is 3.39. The lowest BCUT2D eigenvalue weighted by Crippen LogP contribution is -2.37. The molecule has 0 atom stereocenters. The van der Waals surface area contributed by atoms with Crippen LogP contribution in [0.25, 0.3) is 0 Å². The van der Waals surface area contributed by atoms with E-state index < -0.39 is 0 Å². The number of hydrogen-bond acceptors (Lipinski definition) is 3. The van der Waals surface area contributed by atoms with Crippen LogP contribution in [0.2, 0.25) is 0 Å². The highest BCUT2D eigenvalue weighted by atomic mass is 16.5. The molecule has 1 amide bonds. The maximum absolute atomic E-state index is 10.9. The first kappa shape index (κ1) is 11.2. The van der Waals surface area contributed by atoms with Gasteiger partial charge in [0, 0.05) is 19.1 Å². The Balaban J connectivity index is 2.64. The van der Waals surface area contributed by atoms with Crippen LogP contribution in [0.1, 0.15) is 6.92 Å². The van der Waals surface area contributed by atoms with E-state index in [1.807, 2.05) is 0 Å². The highest BCUT2D eigenvalue weighted by molar-refractivity contribution is 5.88. The molecule has 15 heavy (non-hydrogen) atoms. The number of methoxy groups -OCH3 is 1. The van der Waals surface area contributed by atoms with E-state index in [0.717, 1.165) is 0 Å². The van der Waals surface area contributed by atoms with Crippen LogP contribution in [0, 0.1) is 0 Å². The van der Waals surface area contributed by atoms with Gasteiger partial charge in [-0.15, -0.1) is 0 Å². The van der Waals surface area contributed by atoms with E-state index in [4.69, 9.17) is 0 Å². The first-order valence-electron chi connectivity index (χ1n) is 4.45. The van der Waals surface area contributed by atoms with Gasteiger partial charge in [-0.2, -0.15) is 4.57 Å². The average Bonchev–Trinajstić information content (AvgIpc) is 2.20. The predicted octanol–water partition coefficient (Wildman–Crippen LogP) is 0.105. The van der Waals surface area contributed by atoms with Crippen molar-refractivity contribution in [3.8, 4) is 0 Å². The minimum atomic E-state index is -0.313. The number of esters is 1. The topological polar surface area (TPSA) is 59.3 Å². The van der Waals surface area contributed by atoms with Gasteiger partial charge in [0.15, 0.2) is 12.4 Å². The van der Waals surface area contributed by atoms with Gasteiger partial charge in [0.1, 0.15) is 0 Å². The molecular formula is C10H13N2O3+. The maximum atomic E-state index is 10.9. The fourth-order valence-electron chi connectivity index (χ4n) is 1.06. The summed E-state index contributed by atoms with van der Waals surface area (Å²) >= 11 is 0. The molecule has 0 aromatic carbocycles. The number of amides is 1. The van der Waals surface area contributed by atoms with Crippen molar-refractivity contribution in [2.24, 2.45) is 0 Å². The maximum Gasteiger partial charge on any atom is 0.372 e. The fourth-order valence-corrected chi connectivity index (χ4v) is 1.06. The van der Waals surface area contributed by atoms with E-state index in [-0.39, 0.29) is 18.4 Å². The molecule has 0 aliphatic carbocycles. The van der Waals surface area contributed by atoms with Crippen molar-refractivity contribution in [1.29, 1.82) is 0 Å². The first-order valence-corrected chi connectivity index (χ1v) is 4.45. The monoisotopic (exact) mass is 209 g/mol. The van der Waals surface area contributed by atoms with E-state index in [9.17, 15) is 9.59 Å². The molecular weight excluding hydrogens is 196 g/mol. The third-order valence-electron chi connectivity index (χ3n) is 1.75. The lowest BCUT2D eigenvalue weighted by molar-refractivity contribution is -0.685. The Labute approximate surface area is 87.7 Å². The number of hydrogen-bond donors (Lipinski definition) is 1. The van der Waals surface area contributed by atoms with Crippen molar-refractivity contribution in [1.82, 2.24) is 0 Å². The predicted molar refractivity (Wildman–Crippen MR) is 53.0 cm³/mol. The van der Waals surface area contributed by atoms with Gasteiger partial charge in [0.05, 0.1) is 12.8 Å². The zero-order chi connectivity index (χ0) is 11.3. The third-order valence-corrected chi connectivity index (χ3v) is 1.75. The van der Waals surface area contributed by atoms with Crippen molar-refractivity contribution in [3.05, 3.63) is 24.5 Å². The summed E-state index contributed by atoms with van der Waals surface area (Å²) in [6.45, 7) is 1.60. The van der Waals surface area contributed by atoms with E-state index in [2.05, 4.69) is 10.1 Å². The summed E-state index contributed by atoms with van der Waals surface area (Å²) in [6, 6.07) is 3.43. The molecule has 0 radical (unpaired) electrons. The van der Waals surface area contributed by atoms with Gasteiger partial charge in [0.2, 0.25) is 12.5 Å². The van der Waals surface area contributed by atoms with E-state index in [1.54, 1.807) is 29.1 Å². The van der Waals surface area contributed by atoms with Crippen LogP contribution in [0.4, 0.5) is 5.69 Å². The molecule has 0 aliphatic heterocycles. The Hall–Kier alpha value is -1.91. The molecule has 0 unspecified atom stereocenters. The number of nitrogens with one attached hydrogen (secondary N) is 1. The molecule has 0 bridgehead atoms. The number of aromatic nitrogens is 1. The molecule has 80 valence electrons. The van der Waals surface area contributed by atoms with Crippen molar-refractivity contribution in [3.63, 3.8) is 0 Å². The largest absolute Gasteiger partial charge is 0.464 e. The summed E-state index contributed by atoms with van der Waals surface area (Å²) in [5.41, 5.74) is 0.698. The standard InChI is InChI=1S/C10H12N2O3/c1-8(13)11-9-3-5-12(6-4-9)7-10(14)15-2/h3-6H,7H2,1-2H3/p+1. The van der Waals surface area contributed by atoms with Crippen molar-refractivity contribution in [2.45, 2.75) is 13.5 Å². The second-order valence-electron chi connectivity index (χ2n) is 3.02. The Kier molecular flexibility index (Phi) is 3.79. The molecule has 0 saturated heterocycles. The summed E-state index contributed by atoms with van der Waals surface area (Å²) in [5, 5.41) is 2.63. The molecule has 0 spiro atoms. The lowest BCUT2D eigenvalue weighted by atomic mass is 10.4. The molecule has 0 saturated carbocycles. The summed E-state index contributed by atoms with van der Waals surface area (Å²) < 4.78 is 6.18. The van der Waals surface area contributed by atoms with Gasteiger partial charge in [0.25, 0.3) is 0 Å². The van der Waals surface area contributed by atoms with Crippen molar-refractivity contribution in [2.75, 3.05) is 12.4 Å². The Morgan fingerprint density at radius 3 is 2.47 bits per heavy atom. The fraction of sp³-hybridized carbons (Fsp3) is 0.300.